The second kappa shape index (κ2) is 10.5. The topological polar surface area (TPSA) is 26.8 Å². The van der Waals surface area contributed by atoms with E-state index in [0.29, 0.717) is 6.54 Å². The van der Waals surface area contributed by atoms with Crippen molar-refractivity contribution in [3.05, 3.63) is 29.3 Å². The lowest BCUT2D eigenvalue weighted by molar-refractivity contribution is -0.119. The molecule has 24 heavy (non-hydrogen) atoms. The van der Waals surface area contributed by atoms with Crippen molar-refractivity contribution in [1.82, 2.24) is 9.80 Å². The number of nitrogens with zero attached hydrogens (tertiary/aromatic N) is 3. The van der Waals surface area contributed by atoms with Crippen LogP contribution in [-0.4, -0.2) is 61.5 Å². The Morgan fingerprint density at radius 1 is 0.833 bits per heavy atom. The number of anilines is 1. The molecule has 0 aliphatic carbocycles. The van der Waals surface area contributed by atoms with E-state index in [0.717, 1.165) is 45.0 Å². The molecule has 1 aromatic carbocycles. The molecule has 0 radical (unpaired) electrons. The molecule has 4 nitrogen and oxygen atoms in total. The van der Waals surface area contributed by atoms with Gasteiger partial charge in [-0.2, -0.15) is 0 Å². The number of benzene rings is 1. The summed E-state index contributed by atoms with van der Waals surface area (Å²) in [6.07, 6.45) is 0. The van der Waals surface area contributed by atoms with Crippen LogP contribution in [0.1, 0.15) is 38.8 Å². The summed E-state index contributed by atoms with van der Waals surface area (Å²) in [5.41, 5.74) is 3.42. The number of likely N-dealkylation sites (N-methyl/N-ethyl adjacent to an activating group) is 2. The monoisotopic (exact) mass is 333 g/mol. The van der Waals surface area contributed by atoms with E-state index in [1.165, 1.54) is 11.1 Å². The maximum absolute atomic E-state index is 13.0. The molecule has 0 aliphatic rings. The Labute approximate surface area is 148 Å². The summed E-state index contributed by atoms with van der Waals surface area (Å²) < 4.78 is 0. The first-order chi connectivity index (χ1) is 11.5. The minimum atomic E-state index is 0.197. The highest BCUT2D eigenvalue weighted by Gasteiger charge is 2.21. The maximum atomic E-state index is 13.0. The van der Waals surface area contributed by atoms with E-state index >= 15 is 0 Å². The molecule has 0 saturated carbocycles. The second-order valence-corrected chi connectivity index (χ2v) is 6.27. The van der Waals surface area contributed by atoms with Gasteiger partial charge in [0.1, 0.15) is 0 Å². The highest BCUT2D eigenvalue weighted by atomic mass is 16.2. The van der Waals surface area contributed by atoms with Crippen molar-refractivity contribution >= 4 is 11.6 Å². The minimum absolute atomic E-state index is 0.197. The summed E-state index contributed by atoms with van der Waals surface area (Å²) in [7, 11) is 0. The highest BCUT2D eigenvalue weighted by Crippen LogP contribution is 2.25. The van der Waals surface area contributed by atoms with Crippen LogP contribution < -0.4 is 4.90 Å². The van der Waals surface area contributed by atoms with Gasteiger partial charge in [-0.05, 0) is 51.2 Å². The highest BCUT2D eigenvalue weighted by molar-refractivity contribution is 5.96. The zero-order chi connectivity index (χ0) is 18.1. The Hall–Kier alpha value is -1.39. The van der Waals surface area contributed by atoms with Crippen molar-refractivity contribution in [2.45, 2.75) is 41.5 Å². The van der Waals surface area contributed by atoms with Gasteiger partial charge < -0.3 is 9.80 Å². The molecule has 0 N–H and O–H groups in total. The lowest BCUT2D eigenvalue weighted by atomic mass is 10.1. The van der Waals surface area contributed by atoms with Gasteiger partial charge in [0, 0.05) is 18.8 Å². The molecule has 0 saturated heterocycles. The number of hydrogen-bond donors (Lipinski definition) is 0. The van der Waals surface area contributed by atoms with E-state index in [9.17, 15) is 4.79 Å². The molecule has 0 bridgehead atoms. The van der Waals surface area contributed by atoms with Crippen LogP contribution >= 0.6 is 0 Å². The van der Waals surface area contributed by atoms with Gasteiger partial charge in [0.05, 0.1) is 6.54 Å². The zero-order valence-corrected chi connectivity index (χ0v) is 16.4. The predicted molar refractivity (Wildman–Crippen MR) is 104 cm³/mol. The number of para-hydroxylation sites is 1. The Kier molecular flexibility index (Phi) is 9.01. The summed E-state index contributed by atoms with van der Waals surface area (Å²) >= 11 is 0. The van der Waals surface area contributed by atoms with Gasteiger partial charge >= 0.3 is 0 Å². The Morgan fingerprint density at radius 3 is 1.79 bits per heavy atom. The Bertz CT molecular complexity index is 487. The zero-order valence-electron chi connectivity index (χ0n) is 16.4. The van der Waals surface area contributed by atoms with Crippen LogP contribution in [0.4, 0.5) is 5.69 Å². The Morgan fingerprint density at radius 2 is 1.33 bits per heavy atom. The third kappa shape index (κ3) is 5.60. The molecule has 0 spiro atoms. The van der Waals surface area contributed by atoms with E-state index in [4.69, 9.17) is 0 Å². The largest absolute Gasteiger partial charge is 0.309 e. The van der Waals surface area contributed by atoms with Crippen molar-refractivity contribution in [2.75, 3.05) is 50.7 Å². The van der Waals surface area contributed by atoms with Crippen molar-refractivity contribution in [1.29, 1.82) is 0 Å². The number of hydrogen-bond acceptors (Lipinski definition) is 3. The van der Waals surface area contributed by atoms with Crippen molar-refractivity contribution in [3.63, 3.8) is 0 Å². The van der Waals surface area contributed by atoms with Crippen molar-refractivity contribution in [3.8, 4) is 0 Å². The fourth-order valence-corrected chi connectivity index (χ4v) is 3.10. The molecular weight excluding hydrogens is 298 g/mol. The van der Waals surface area contributed by atoms with Crippen LogP contribution in [-0.2, 0) is 4.79 Å². The third-order valence-electron chi connectivity index (χ3n) is 4.80. The van der Waals surface area contributed by atoms with E-state index in [1.54, 1.807) is 0 Å². The molecule has 0 aliphatic heterocycles. The van der Waals surface area contributed by atoms with Gasteiger partial charge in [-0.3, -0.25) is 9.69 Å². The van der Waals surface area contributed by atoms with E-state index in [2.05, 4.69) is 69.5 Å². The Balaban J connectivity index is 3.04. The van der Waals surface area contributed by atoms with Crippen molar-refractivity contribution in [2.24, 2.45) is 0 Å². The lowest BCUT2D eigenvalue weighted by Gasteiger charge is -2.31. The molecule has 0 atom stereocenters. The molecule has 1 aromatic rings. The molecule has 1 amide bonds. The number of rotatable bonds is 10. The number of carbonyl (C=O) groups excluding carboxylic acids is 1. The summed E-state index contributed by atoms with van der Waals surface area (Å²) in [6.45, 7) is 18.7. The predicted octanol–water partition coefficient (Wildman–Crippen LogP) is 3.32. The molecule has 0 heterocycles. The number of amides is 1. The van der Waals surface area contributed by atoms with Crippen LogP contribution in [0, 0.1) is 13.8 Å². The number of aryl methyl sites for hydroxylation is 2. The van der Waals surface area contributed by atoms with Crippen LogP contribution in [0.2, 0.25) is 0 Å². The maximum Gasteiger partial charge on any atom is 0.241 e. The molecule has 136 valence electrons. The average molecular weight is 334 g/mol. The second-order valence-electron chi connectivity index (χ2n) is 6.27. The molecule has 4 heteroatoms. The molecule has 0 aromatic heterocycles. The summed E-state index contributed by atoms with van der Waals surface area (Å²) in [5, 5.41) is 0. The first-order valence-electron chi connectivity index (χ1n) is 9.29. The van der Waals surface area contributed by atoms with E-state index in [-0.39, 0.29) is 5.91 Å². The summed E-state index contributed by atoms with van der Waals surface area (Å²) in [5.74, 6) is 0.197. The minimum Gasteiger partial charge on any atom is -0.309 e. The fourth-order valence-electron chi connectivity index (χ4n) is 3.10. The SMILES string of the molecule is CCN(CC)CCN(C(=O)CN(CC)CC)c1c(C)cccc1C. The van der Waals surface area contributed by atoms with Gasteiger partial charge in [-0.1, -0.05) is 45.9 Å². The van der Waals surface area contributed by atoms with Crippen LogP contribution in [0.5, 0.6) is 0 Å². The van der Waals surface area contributed by atoms with Crippen LogP contribution in [0.3, 0.4) is 0 Å². The first kappa shape index (κ1) is 20.7. The molecular formula is C20H35N3O. The van der Waals surface area contributed by atoms with Gasteiger partial charge in [0.15, 0.2) is 0 Å². The standard InChI is InChI=1S/C20H35N3O/c1-7-21(8-2)14-15-23(19(24)16-22(9-3)10-4)20-17(5)12-11-13-18(20)6/h11-13H,7-10,14-16H2,1-6H3. The molecule has 0 unspecified atom stereocenters. The van der Waals surface area contributed by atoms with Gasteiger partial charge in [0.25, 0.3) is 0 Å². The molecule has 1 rings (SSSR count). The van der Waals surface area contributed by atoms with Gasteiger partial charge in [-0.25, -0.2) is 0 Å². The van der Waals surface area contributed by atoms with Crippen molar-refractivity contribution < 1.29 is 4.79 Å². The third-order valence-corrected chi connectivity index (χ3v) is 4.80. The smallest absolute Gasteiger partial charge is 0.241 e. The summed E-state index contributed by atoms with van der Waals surface area (Å²) in [6, 6.07) is 6.25. The van der Waals surface area contributed by atoms with Crippen LogP contribution in [0.25, 0.3) is 0 Å². The quantitative estimate of drug-likeness (QED) is 0.657. The first-order valence-corrected chi connectivity index (χ1v) is 9.29. The molecule has 0 fully saturated rings. The lowest BCUT2D eigenvalue weighted by Crippen LogP contribution is -2.44. The van der Waals surface area contributed by atoms with E-state index < -0.39 is 0 Å². The van der Waals surface area contributed by atoms with Crippen LogP contribution in [0.15, 0.2) is 18.2 Å². The normalized spacial score (nSPS) is 11.3. The average Bonchev–Trinajstić information content (AvgIpc) is 2.58. The fraction of sp³-hybridized carbons (Fsp3) is 0.650. The van der Waals surface area contributed by atoms with Gasteiger partial charge in [-0.15, -0.1) is 0 Å². The van der Waals surface area contributed by atoms with E-state index in [1.807, 2.05) is 4.90 Å². The number of carbonyl (C=O) groups is 1. The summed E-state index contributed by atoms with van der Waals surface area (Å²) in [4.78, 5) is 19.6. The van der Waals surface area contributed by atoms with Gasteiger partial charge in [0.2, 0.25) is 5.91 Å².